The molecule has 2 aromatic heterocycles. The van der Waals surface area contributed by atoms with Gasteiger partial charge in [0.1, 0.15) is 42.2 Å². The van der Waals surface area contributed by atoms with Crippen LogP contribution in [0.1, 0.15) is 11.1 Å². The Morgan fingerprint density at radius 1 is 0.977 bits per heavy atom. The molecule has 1 saturated heterocycles. The number of nitrogens with zero attached hydrogens (tertiary/aromatic N) is 6. The number of aliphatic hydroxyl groups is 4. The summed E-state index contributed by atoms with van der Waals surface area (Å²) in [7, 11) is 0. The Bertz CT molecular complexity index is 1900. The van der Waals surface area contributed by atoms with Gasteiger partial charge >= 0.3 is 0 Å². The topological polar surface area (TPSA) is 195 Å². The first kappa shape index (κ1) is 28.9. The molecule has 3 aromatic carbocycles. The van der Waals surface area contributed by atoms with Crippen molar-refractivity contribution in [2.75, 3.05) is 6.61 Å². The molecule has 5 aromatic rings. The lowest BCUT2D eigenvalue weighted by Crippen LogP contribution is -2.60. The molecule has 0 bridgehead atoms. The largest absolute Gasteiger partial charge is 0.462 e. The van der Waals surface area contributed by atoms with Crippen LogP contribution in [0.25, 0.3) is 28.0 Å². The summed E-state index contributed by atoms with van der Waals surface area (Å²) in [5.74, 6) is 0.311. The normalized spacial score (nSPS) is 21.8. The number of nitrogens with one attached hydrogen (secondary N) is 1. The monoisotopic (exact) mass is 593 g/mol. The van der Waals surface area contributed by atoms with Crippen molar-refractivity contribution in [3.8, 4) is 28.8 Å². The zero-order valence-electron chi connectivity index (χ0n) is 23.0. The number of rotatable bonds is 7. The Hall–Kier alpha value is -5.23. The lowest BCUT2D eigenvalue weighted by Gasteiger charge is -2.39. The second-order valence-corrected chi connectivity index (χ2v) is 10.1. The molecule has 0 radical (unpaired) electrons. The smallest absolute Gasteiger partial charge is 0.229 e. The van der Waals surface area contributed by atoms with Gasteiger partial charge in [-0.05, 0) is 54.1 Å². The molecule has 13 heteroatoms. The summed E-state index contributed by atoms with van der Waals surface area (Å²) in [4.78, 5) is 4.58. The number of benzene rings is 3. The van der Waals surface area contributed by atoms with Crippen molar-refractivity contribution in [1.82, 2.24) is 19.4 Å². The number of nitriles is 1. The van der Waals surface area contributed by atoms with Crippen molar-refractivity contribution >= 4 is 17.2 Å². The third-order valence-electron chi connectivity index (χ3n) is 7.22. The molecule has 1 fully saturated rings. The van der Waals surface area contributed by atoms with E-state index in [1.165, 1.54) is 17.2 Å². The summed E-state index contributed by atoms with van der Waals surface area (Å²) in [6.45, 7) is -0.556. The fourth-order valence-electron chi connectivity index (χ4n) is 4.83. The molecule has 0 aliphatic carbocycles. The molecule has 5 atom stereocenters. The van der Waals surface area contributed by atoms with E-state index in [1.54, 1.807) is 53.2 Å². The van der Waals surface area contributed by atoms with E-state index in [0.29, 0.717) is 39.3 Å². The molecule has 5 N–H and O–H groups in total. The van der Waals surface area contributed by atoms with Crippen LogP contribution in [0.3, 0.4) is 0 Å². The molecule has 1 aliphatic rings. The van der Waals surface area contributed by atoms with Crippen molar-refractivity contribution in [2.24, 2.45) is 5.10 Å². The highest BCUT2D eigenvalue weighted by atomic mass is 16.7. The van der Waals surface area contributed by atoms with Crippen LogP contribution in [0, 0.1) is 16.7 Å². The number of hydrogen-bond donors (Lipinski definition) is 5. The van der Waals surface area contributed by atoms with Gasteiger partial charge in [-0.15, -0.1) is 0 Å². The van der Waals surface area contributed by atoms with E-state index in [2.05, 4.69) is 16.2 Å². The summed E-state index contributed by atoms with van der Waals surface area (Å²) in [5.41, 5.74) is 3.75. The zero-order chi connectivity index (χ0) is 30.8. The van der Waals surface area contributed by atoms with Gasteiger partial charge in [-0.3, -0.25) is 5.41 Å². The van der Waals surface area contributed by atoms with E-state index in [-0.39, 0.29) is 5.49 Å². The highest BCUT2D eigenvalue weighted by molar-refractivity contribution is 5.91. The molecule has 44 heavy (non-hydrogen) atoms. The number of ether oxygens (including phenoxy) is 2. The van der Waals surface area contributed by atoms with Crippen LogP contribution in [0.15, 0.2) is 90.3 Å². The fourth-order valence-corrected chi connectivity index (χ4v) is 4.83. The Morgan fingerprint density at radius 3 is 2.39 bits per heavy atom. The van der Waals surface area contributed by atoms with Crippen molar-refractivity contribution in [2.45, 2.75) is 30.7 Å². The first-order valence-corrected chi connectivity index (χ1v) is 13.6. The van der Waals surface area contributed by atoms with E-state index in [9.17, 15) is 25.7 Å². The van der Waals surface area contributed by atoms with Crippen LogP contribution < -0.4 is 10.2 Å². The maximum absolute atomic E-state index is 10.2. The number of aromatic nitrogens is 4. The molecule has 1 aliphatic heterocycles. The Kier molecular flexibility index (Phi) is 7.99. The summed E-state index contributed by atoms with van der Waals surface area (Å²) in [5, 5.41) is 67.4. The zero-order valence-corrected chi connectivity index (χ0v) is 23.0. The molecule has 0 saturated carbocycles. The molecule has 0 amide bonds. The van der Waals surface area contributed by atoms with Gasteiger partial charge in [0.2, 0.25) is 6.29 Å². The third-order valence-corrected chi connectivity index (χ3v) is 7.22. The first-order valence-electron chi connectivity index (χ1n) is 13.6. The number of aliphatic hydroxyl groups excluding tert-OH is 4. The second-order valence-electron chi connectivity index (χ2n) is 10.1. The molecule has 6 rings (SSSR count). The number of fused-ring (bicyclic) bond motifs is 1. The van der Waals surface area contributed by atoms with Gasteiger partial charge in [0.05, 0.1) is 35.5 Å². The minimum absolute atomic E-state index is 0.0626. The van der Waals surface area contributed by atoms with Gasteiger partial charge < -0.3 is 29.9 Å². The van der Waals surface area contributed by atoms with Crippen LogP contribution in [0.5, 0.6) is 5.75 Å². The van der Waals surface area contributed by atoms with E-state index in [4.69, 9.17) is 20.0 Å². The summed E-state index contributed by atoms with van der Waals surface area (Å²) in [6, 6.07) is 25.1. The van der Waals surface area contributed by atoms with Gasteiger partial charge in [0.15, 0.2) is 11.1 Å². The minimum Gasteiger partial charge on any atom is -0.462 e. The van der Waals surface area contributed by atoms with Crippen LogP contribution in [-0.2, 0) is 4.74 Å². The average Bonchev–Trinajstić information content (AvgIpc) is 3.46. The predicted molar refractivity (Wildman–Crippen MR) is 157 cm³/mol. The number of hydrogen-bond acceptors (Lipinski definition) is 11. The predicted octanol–water partition coefficient (Wildman–Crippen LogP) is 1.30. The highest BCUT2D eigenvalue weighted by Gasteiger charge is 2.44. The van der Waals surface area contributed by atoms with Crippen LogP contribution >= 0.6 is 0 Å². The fraction of sp³-hybridized carbons (Fsp3) is 0.194. The van der Waals surface area contributed by atoms with Gasteiger partial charge in [-0.25, -0.2) is 14.3 Å². The van der Waals surface area contributed by atoms with Crippen molar-refractivity contribution < 1.29 is 29.9 Å². The summed E-state index contributed by atoms with van der Waals surface area (Å²) < 4.78 is 14.0. The van der Waals surface area contributed by atoms with Crippen molar-refractivity contribution in [1.29, 1.82) is 10.7 Å². The van der Waals surface area contributed by atoms with E-state index in [1.807, 2.05) is 30.3 Å². The standard InChI is InChI=1S/C31H27N7O6/c32-14-18-6-10-21(11-7-18)38-30-24(25(36-38)20-4-2-1-3-5-20)29(33)37(17-34-30)35-15-19-8-12-22(13-9-19)43-31-28(42)27(41)26(40)23(16-39)44-31/h1-13,15,17,23,26-28,31,33,39-42H,16H2/b33-29?,35-15-. The van der Waals surface area contributed by atoms with Crippen molar-refractivity contribution in [3.63, 3.8) is 0 Å². The molecular formula is C31H27N7O6. The van der Waals surface area contributed by atoms with Gasteiger partial charge in [0, 0.05) is 5.56 Å². The van der Waals surface area contributed by atoms with Gasteiger partial charge in [-0.2, -0.15) is 15.5 Å². The quantitative estimate of drug-likeness (QED) is 0.173. The van der Waals surface area contributed by atoms with Gasteiger partial charge in [-0.1, -0.05) is 30.3 Å². The lowest BCUT2D eigenvalue weighted by atomic mass is 9.99. The molecule has 13 nitrogen and oxygen atoms in total. The molecule has 222 valence electrons. The SMILES string of the molecule is N#Cc1ccc(-n2nc(-c3ccccc3)c3c(=N)n(/N=C\c4ccc(OC5OC(CO)C(O)C(O)C5O)cc4)cnc32)cc1. The third kappa shape index (κ3) is 5.47. The Morgan fingerprint density at radius 2 is 1.70 bits per heavy atom. The van der Waals surface area contributed by atoms with E-state index in [0.717, 1.165) is 5.56 Å². The molecular weight excluding hydrogens is 566 g/mol. The molecule has 3 heterocycles. The summed E-state index contributed by atoms with van der Waals surface area (Å²) >= 11 is 0. The van der Waals surface area contributed by atoms with E-state index < -0.39 is 37.3 Å². The van der Waals surface area contributed by atoms with Crippen LogP contribution in [-0.4, -0.2) is 83.4 Å². The Balaban J connectivity index is 1.28. The highest BCUT2D eigenvalue weighted by Crippen LogP contribution is 2.27. The second kappa shape index (κ2) is 12.2. The maximum atomic E-state index is 10.2. The maximum Gasteiger partial charge on any atom is 0.229 e. The molecule has 0 spiro atoms. The van der Waals surface area contributed by atoms with Crippen LogP contribution in [0.2, 0.25) is 0 Å². The Labute approximate surface area is 250 Å². The van der Waals surface area contributed by atoms with Crippen molar-refractivity contribution in [3.05, 3.63) is 102 Å². The minimum atomic E-state index is -1.54. The lowest BCUT2D eigenvalue weighted by molar-refractivity contribution is -0.277. The van der Waals surface area contributed by atoms with Crippen LogP contribution in [0.4, 0.5) is 0 Å². The average molecular weight is 594 g/mol. The van der Waals surface area contributed by atoms with Gasteiger partial charge in [0.25, 0.3) is 0 Å². The first-order chi connectivity index (χ1) is 21.4. The van der Waals surface area contributed by atoms with E-state index >= 15 is 0 Å². The summed E-state index contributed by atoms with van der Waals surface area (Å²) in [6.07, 6.45) is -3.96. The molecule has 5 unspecified atom stereocenters.